The van der Waals surface area contributed by atoms with E-state index in [1.807, 2.05) is 0 Å². The Labute approximate surface area is 87.5 Å². The molecule has 1 amide bonds. The summed E-state index contributed by atoms with van der Waals surface area (Å²) in [7, 11) is 3.29. The monoisotopic (exact) mass is 210 g/mol. The van der Waals surface area contributed by atoms with Crippen molar-refractivity contribution in [3.05, 3.63) is 6.07 Å². The standard InChI is InChI=1S/C8H14N6O/c1-10-5-3-6(14-8(9)13-5)12-4-7(15)11-2/h3H,4H2,1-2H3,(H,11,15)(H4,9,10,12,13,14). The van der Waals surface area contributed by atoms with E-state index < -0.39 is 0 Å². The van der Waals surface area contributed by atoms with E-state index in [-0.39, 0.29) is 18.4 Å². The number of carbonyl (C=O) groups is 1. The molecule has 0 saturated heterocycles. The number of hydrogen-bond acceptors (Lipinski definition) is 6. The topological polar surface area (TPSA) is 105 Å². The molecule has 1 aromatic heterocycles. The van der Waals surface area contributed by atoms with Gasteiger partial charge in [0.25, 0.3) is 0 Å². The summed E-state index contributed by atoms with van der Waals surface area (Å²) in [5.74, 6) is 1.14. The highest BCUT2D eigenvalue weighted by atomic mass is 16.1. The van der Waals surface area contributed by atoms with Gasteiger partial charge in [-0.2, -0.15) is 9.97 Å². The number of amides is 1. The molecule has 0 radical (unpaired) electrons. The van der Waals surface area contributed by atoms with Crippen molar-refractivity contribution in [2.24, 2.45) is 0 Å². The normalized spacial score (nSPS) is 9.47. The van der Waals surface area contributed by atoms with Gasteiger partial charge in [-0.25, -0.2) is 0 Å². The number of hydrogen-bond donors (Lipinski definition) is 4. The zero-order valence-electron chi connectivity index (χ0n) is 8.66. The summed E-state index contributed by atoms with van der Waals surface area (Å²) >= 11 is 0. The minimum atomic E-state index is -0.127. The molecule has 1 heterocycles. The number of nitrogens with one attached hydrogen (secondary N) is 3. The number of rotatable bonds is 4. The maximum atomic E-state index is 11.0. The Morgan fingerprint density at radius 2 is 2.07 bits per heavy atom. The number of nitrogens with zero attached hydrogens (tertiary/aromatic N) is 2. The fourth-order valence-corrected chi connectivity index (χ4v) is 0.944. The summed E-state index contributed by atoms with van der Waals surface area (Å²) in [6.07, 6.45) is 0. The van der Waals surface area contributed by atoms with Gasteiger partial charge in [0.05, 0.1) is 6.54 Å². The number of likely N-dealkylation sites (N-methyl/N-ethyl adjacent to an activating group) is 1. The van der Waals surface area contributed by atoms with Gasteiger partial charge in [0.1, 0.15) is 11.6 Å². The minimum absolute atomic E-state index is 0.127. The number of carbonyl (C=O) groups excluding carboxylic acids is 1. The molecule has 82 valence electrons. The lowest BCUT2D eigenvalue weighted by atomic mass is 10.5. The molecule has 0 bridgehead atoms. The van der Waals surface area contributed by atoms with E-state index in [4.69, 9.17) is 5.73 Å². The van der Waals surface area contributed by atoms with Crippen LogP contribution in [0.4, 0.5) is 17.6 Å². The van der Waals surface area contributed by atoms with Crippen molar-refractivity contribution >= 4 is 23.5 Å². The smallest absolute Gasteiger partial charge is 0.239 e. The van der Waals surface area contributed by atoms with Gasteiger partial charge in [-0.05, 0) is 0 Å². The van der Waals surface area contributed by atoms with Crippen LogP contribution in [-0.4, -0.2) is 36.5 Å². The fraction of sp³-hybridized carbons (Fsp3) is 0.375. The summed E-state index contributed by atoms with van der Waals surface area (Å²) < 4.78 is 0. The zero-order chi connectivity index (χ0) is 11.3. The SMILES string of the molecule is CNC(=O)CNc1cc(NC)nc(N)n1. The van der Waals surface area contributed by atoms with Gasteiger partial charge in [-0.1, -0.05) is 0 Å². The van der Waals surface area contributed by atoms with Crippen LogP contribution in [0.25, 0.3) is 0 Å². The van der Waals surface area contributed by atoms with Crippen molar-refractivity contribution in [3.63, 3.8) is 0 Å². The highest BCUT2D eigenvalue weighted by Gasteiger charge is 2.02. The molecule has 0 aliphatic rings. The van der Waals surface area contributed by atoms with Crippen LogP contribution in [0, 0.1) is 0 Å². The molecule has 7 nitrogen and oxygen atoms in total. The van der Waals surface area contributed by atoms with E-state index in [9.17, 15) is 4.79 Å². The van der Waals surface area contributed by atoms with Crippen LogP contribution >= 0.6 is 0 Å². The molecule has 0 aliphatic carbocycles. The van der Waals surface area contributed by atoms with E-state index in [1.165, 1.54) is 0 Å². The van der Waals surface area contributed by atoms with Gasteiger partial charge in [0.2, 0.25) is 11.9 Å². The molecular weight excluding hydrogens is 196 g/mol. The first-order valence-corrected chi connectivity index (χ1v) is 4.42. The Balaban J connectivity index is 2.68. The van der Waals surface area contributed by atoms with Crippen LogP contribution < -0.4 is 21.7 Å². The summed E-state index contributed by atoms with van der Waals surface area (Å²) in [6, 6.07) is 1.67. The molecule has 0 fully saturated rings. The van der Waals surface area contributed by atoms with Crippen LogP contribution in [0.1, 0.15) is 0 Å². The largest absolute Gasteiger partial charge is 0.373 e. The molecule has 15 heavy (non-hydrogen) atoms. The quantitative estimate of drug-likeness (QED) is 0.521. The number of aromatic nitrogens is 2. The van der Waals surface area contributed by atoms with Gasteiger partial charge >= 0.3 is 0 Å². The van der Waals surface area contributed by atoms with Gasteiger partial charge in [-0.15, -0.1) is 0 Å². The summed E-state index contributed by atoms with van der Waals surface area (Å²) in [6.45, 7) is 0.149. The molecule has 0 aliphatic heterocycles. The molecule has 1 rings (SSSR count). The van der Waals surface area contributed by atoms with Gasteiger partial charge in [0.15, 0.2) is 0 Å². The number of nitrogens with two attached hydrogens (primary N) is 1. The molecule has 0 saturated carbocycles. The zero-order valence-corrected chi connectivity index (χ0v) is 8.66. The molecule has 0 spiro atoms. The lowest BCUT2D eigenvalue weighted by Gasteiger charge is -2.07. The van der Waals surface area contributed by atoms with Gasteiger partial charge < -0.3 is 21.7 Å². The highest BCUT2D eigenvalue weighted by molar-refractivity contribution is 5.80. The van der Waals surface area contributed by atoms with Crippen molar-refractivity contribution in [2.75, 3.05) is 37.0 Å². The van der Waals surface area contributed by atoms with Crippen LogP contribution in [0.2, 0.25) is 0 Å². The molecule has 5 N–H and O–H groups in total. The van der Waals surface area contributed by atoms with Crippen LogP contribution in [0.15, 0.2) is 6.07 Å². The average Bonchev–Trinajstić information content (AvgIpc) is 2.25. The molecule has 0 atom stereocenters. The first-order valence-electron chi connectivity index (χ1n) is 4.42. The third-order valence-electron chi connectivity index (χ3n) is 1.71. The van der Waals surface area contributed by atoms with Crippen molar-refractivity contribution < 1.29 is 4.79 Å². The second-order valence-corrected chi connectivity index (χ2v) is 2.77. The lowest BCUT2D eigenvalue weighted by molar-refractivity contribution is -0.118. The van der Waals surface area contributed by atoms with E-state index in [0.717, 1.165) is 0 Å². The van der Waals surface area contributed by atoms with Crippen molar-refractivity contribution in [2.45, 2.75) is 0 Å². The fourth-order valence-electron chi connectivity index (χ4n) is 0.944. The van der Waals surface area contributed by atoms with Gasteiger partial charge in [0, 0.05) is 20.2 Å². The van der Waals surface area contributed by atoms with Crippen molar-refractivity contribution in [1.29, 1.82) is 0 Å². The molecular formula is C8H14N6O. The average molecular weight is 210 g/mol. The first-order chi connectivity index (χ1) is 7.15. The van der Waals surface area contributed by atoms with Crippen molar-refractivity contribution in [1.82, 2.24) is 15.3 Å². The molecule has 1 aromatic rings. The van der Waals surface area contributed by atoms with E-state index in [2.05, 4.69) is 25.9 Å². The Morgan fingerprint density at radius 3 is 2.67 bits per heavy atom. The molecule has 0 aromatic carbocycles. The predicted octanol–water partition coefficient (Wildman–Crippen LogP) is -0.742. The predicted molar refractivity (Wildman–Crippen MR) is 58.5 cm³/mol. The Kier molecular flexibility index (Phi) is 3.67. The van der Waals surface area contributed by atoms with E-state index in [0.29, 0.717) is 11.6 Å². The molecule has 7 heteroatoms. The summed E-state index contributed by atoms with van der Waals surface area (Å²) in [5, 5.41) is 8.15. The third-order valence-corrected chi connectivity index (χ3v) is 1.71. The Hall–Kier alpha value is -2.05. The number of nitrogen functional groups attached to an aromatic ring is 1. The maximum Gasteiger partial charge on any atom is 0.239 e. The van der Waals surface area contributed by atoms with Crippen LogP contribution in [-0.2, 0) is 4.79 Å². The van der Waals surface area contributed by atoms with E-state index >= 15 is 0 Å². The molecule has 0 unspecified atom stereocenters. The van der Waals surface area contributed by atoms with Crippen LogP contribution in [0.3, 0.4) is 0 Å². The second kappa shape index (κ2) is 4.99. The van der Waals surface area contributed by atoms with E-state index in [1.54, 1.807) is 20.2 Å². The van der Waals surface area contributed by atoms with Crippen molar-refractivity contribution in [3.8, 4) is 0 Å². The second-order valence-electron chi connectivity index (χ2n) is 2.77. The third kappa shape index (κ3) is 3.29. The minimum Gasteiger partial charge on any atom is -0.373 e. The first kappa shape index (κ1) is 11.0. The number of anilines is 3. The van der Waals surface area contributed by atoms with Crippen LogP contribution in [0.5, 0.6) is 0 Å². The maximum absolute atomic E-state index is 11.0. The highest BCUT2D eigenvalue weighted by Crippen LogP contribution is 2.10. The van der Waals surface area contributed by atoms with Gasteiger partial charge in [-0.3, -0.25) is 4.79 Å². The lowest BCUT2D eigenvalue weighted by Crippen LogP contribution is -2.26. The Bertz CT molecular complexity index is 353. The summed E-state index contributed by atoms with van der Waals surface area (Å²) in [5.41, 5.74) is 5.47. The Morgan fingerprint density at radius 1 is 1.40 bits per heavy atom. The summed E-state index contributed by atoms with van der Waals surface area (Å²) in [4.78, 5) is 18.8.